The second kappa shape index (κ2) is 9.58. The van der Waals surface area contributed by atoms with Gasteiger partial charge in [0.25, 0.3) is 0 Å². The molecule has 0 atom stereocenters. The molecule has 2 heterocycles. The van der Waals surface area contributed by atoms with E-state index < -0.39 is 5.69 Å². The number of hydrogen-bond acceptors (Lipinski definition) is 5. The molecule has 5 rings (SSSR count). The number of carbonyl (C=O) groups is 1. The van der Waals surface area contributed by atoms with Gasteiger partial charge in [-0.1, -0.05) is 30.3 Å². The Bertz CT molecular complexity index is 1400. The lowest BCUT2D eigenvalue weighted by Gasteiger charge is -2.36. The van der Waals surface area contributed by atoms with Crippen LogP contribution in [0.5, 0.6) is 0 Å². The molecule has 0 aliphatic carbocycles. The first kappa shape index (κ1) is 22.6. The highest BCUT2D eigenvalue weighted by Crippen LogP contribution is 2.28. The first-order valence-corrected chi connectivity index (χ1v) is 11.6. The minimum atomic E-state index is -0.459. The molecule has 0 spiro atoms. The number of piperazine rings is 1. The summed E-state index contributed by atoms with van der Waals surface area (Å²) in [6.45, 7) is 2.28. The van der Waals surface area contributed by atoms with Gasteiger partial charge in [0.05, 0.1) is 5.52 Å². The number of carbonyl (C=O) groups excluding carboxylic acids is 1. The normalized spacial score (nSPS) is 13.8. The molecular formula is C27H26FN5O2. The molecule has 1 amide bonds. The summed E-state index contributed by atoms with van der Waals surface area (Å²) in [4.78, 5) is 36.4. The minimum absolute atomic E-state index is 0.0712. The highest BCUT2D eigenvalue weighted by atomic mass is 19.1. The largest absolute Gasteiger partial charge is 0.368 e. The SMILES string of the molecule is CN(c1ccccc1)c1nc(=O)n(CC(=O)N2CCN(c3ccc(F)cc3)CC2)c2ccccc12. The topological polar surface area (TPSA) is 61.7 Å². The third-order valence-corrected chi connectivity index (χ3v) is 6.45. The Labute approximate surface area is 202 Å². The summed E-state index contributed by atoms with van der Waals surface area (Å²) in [7, 11) is 1.87. The summed E-state index contributed by atoms with van der Waals surface area (Å²) >= 11 is 0. The van der Waals surface area contributed by atoms with Crippen molar-refractivity contribution in [2.75, 3.05) is 43.0 Å². The first-order chi connectivity index (χ1) is 17.0. The van der Waals surface area contributed by atoms with Gasteiger partial charge in [0, 0.05) is 50.0 Å². The molecule has 35 heavy (non-hydrogen) atoms. The number of rotatable bonds is 5. The predicted octanol–water partition coefficient (Wildman–Crippen LogP) is 3.65. The van der Waals surface area contributed by atoms with E-state index >= 15 is 0 Å². The summed E-state index contributed by atoms with van der Waals surface area (Å²) < 4.78 is 14.7. The number of para-hydroxylation sites is 2. The van der Waals surface area contributed by atoms with Crippen LogP contribution in [0.4, 0.5) is 21.6 Å². The molecule has 7 nitrogen and oxygen atoms in total. The smallest absolute Gasteiger partial charge is 0.350 e. The number of amides is 1. The van der Waals surface area contributed by atoms with Crippen molar-refractivity contribution < 1.29 is 9.18 Å². The van der Waals surface area contributed by atoms with Crippen LogP contribution in [-0.4, -0.2) is 53.6 Å². The van der Waals surface area contributed by atoms with Crippen molar-refractivity contribution in [2.45, 2.75) is 6.54 Å². The van der Waals surface area contributed by atoms with E-state index in [0.29, 0.717) is 37.5 Å². The van der Waals surface area contributed by atoms with Crippen LogP contribution in [0.2, 0.25) is 0 Å². The maximum absolute atomic E-state index is 13.2. The Morgan fingerprint density at radius 3 is 2.29 bits per heavy atom. The Balaban J connectivity index is 1.36. The van der Waals surface area contributed by atoms with Crippen LogP contribution in [0.25, 0.3) is 10.9 Å². The summed E-state index contributed by atoms with van der Waals surface area (Å²) in [6.07, 6.45) is 0. The average molecular weight is 472 g/mol. The molecule has 1 fully saturated rings. The van der Waals surface area contributed by atoms with E-state index in [2.05, 4.69) is 9.88 Å². The number of benzene rings is 3. The van der Waals surface area contributed by atoms with Gasteiger partial charge in [-0.2, -0.15) is 4.98 Å². The summed E-state index contributed by atoms with van der Waals surface area (Å²) in [6, 6.07) is 23.6. The quantitative estimate of drug-likeness (QED) is 0.445. The van der Waals surface area contributed by atoms with E-state index in [9.17, 15) is 14.0 Å². The molecule has 3 aromatic carbocycles. The van der Waals surface area contributed by atoms with Gasteiger partial charge in [-0.15, -0.1) is 0 Å². The minimum Gasteiger partial charge on any atom is -0.368 e. The molecule has 0 unspecified atom stereocenters. The Morgan fingerprint density at radius 1 is 0.914 bits per heavy atom. The van der Waals surface area contributed by atoms with Crippen LogP contribution in [0.15, 0.2) is 83.7 Å². The summed E-state index contributed by atoms with van der Waals surface area (Å²) in [5.41, 5.74) is 2.06. The van der Waals surface area contributed by atoms with Crippen LogP contribution in [0, 0.1) is 5.82 Å². The summed E-state index contributed by atoms with van der Waals surface area (Å²) in [5.74, 6) is 0.158. The zero-order valence-electron chi connectivity index (χ0n) is 19.5. The molecule has 8 heteroatoms. The van der Waals surface area contributed by atoms with Gasteiger partial charge < -0.3 is 14.7 Å². The Hall–Kier alpha value is -4.20. The molecule has 0 N–H and O–H groups in total. The number of aromatic nitrogens is 2. The van der Waals surface area contributed by atoms with Crippen molar-refractivity contribution in [3.05, 3.63) is 95.2 Å². The number of hydrogen-bond donors (Lipinski definition) is 0. The molecule has 0 bridgehead atoms. The van der Waals surface area contributed by atoms with Crippen LogP contribution in [0.1, 0.15) is 0 Å². The average Bonchev–Trinajstić information content (AvgIpc) is 2.90. The Kier molecular flexibility index (Phi) is 6.18. The molecule has 1 saturated heterocycles. The van der Waals surface area contributed by atoms with Gasteiger partial charge >= 0.3 is 5.69 Å². The molecule has 4 aromatic rings. The summed E-state index contributed by atoms with van der Waals surface area (Å²) in [5, 5.41) is 0.799. The number of halogens is 1. The monoisotopic (exact) mass is 471 g/mol. The van der Waals surface area contributed by atoms with Crippen molar-refractivity contribution in [1.29, 1.82) is 0 Å². The van der Waals surface area contributed by atoms with Crippen LogP contribution < -0.4 is 15.5 Å². The van der Waals surface area contributed by atoms with Crippen LogP contribution >= 0.6 is 0 Å². The van der Waals surface area contributed by atoms with Crippen molar-refractivity contribution in [3.63, 3.8) is 0 Å². The van der Waals surface area contributed by atoms with E-state index in [0.717, 1.165) is 16.8 Å². The third-order valence-electron chi connectivity index (χ3n) is 6.45. The number of fused-ring (bicyclic) bond motifs is 1. The molecule has 1 aliphatic rings. The zero-order valence-corrected chi connectivity index (χ0v) is 19.5. The fraction of sp³-hybridized carbons (Fsp3) is 0.222. The van der Waals surface area contributed by atoms with E-state index in [4.69, 9.17) is 0 Å². The lowest BCUT2D eigenvalue weighted by Crippen LogP contribution is -2.50. The van der Waals surface area contributed by atoms with E-state index in [1.54, 1.807) is 17.0 Å². The van der Waals surface area contributed by atoms with Crippen molar-refractivity contribution >= 4 is 34.0 Å². The van der Waals surface area contributed by atoms with Crippen molar-refractivity contribution in [1.82, 2.24) is 14.5 Å². The van der Waals surface area contributed by atoms with E-state index in [1.165, 1.54) is 16.7 Å². The third kappa shape index (κ3) is 4.59. The molecule has 0 saturated carbocycles. The molecular weight excluding hydrogens is 445 g/mol. The van der Waals surface area contributed by atoms with E-state index in [-0.39, 0.29) is 18.3 Å². The number of nitrogens with zero attached hydrogens (tertiary/aromatic N) is 5. The molecule has 178 valence electrons. The van der Waals surface area contributed by atoms with Gasteiger partial charge in [0.2, 0.25) is 5.91 Å². The van der Waals surface area contributed by atoms with Gasteiger partial charge in [0.1, 0.15) is 18.2 Å². The molecule has 0 radical (unpaired) electrons. The number of anilines is 3. The lowest BCUT2D eigenvalue weighted by atomic mass is 10.2. The fourth-order valence-corrected chi connectivity index (χ4v) is 4.50. The maximum Gasteiger partial charge on any atom is 0.350 e. The second-order valence-electron chi connectivity index (χ2n) is 8.56. The van der Waals surface area contributed by atoms with Gasteiger partial charge in [-0.3, -0.25) is 9.36 Å². The van der Waals surface area contributed by atoms with Gasteiger partial charge in [-0.05, 0) is 48.5 Å². The lowest BCUT2D eigenvalue weighted by molar-refractivity contribution is -0.132. The fourth-order valence-electron chi connectivity index (χ4n) is 4.50. The van der Waals surface area contributed by atoms with Crippen LogP contribution in [-0.2, 0) is 11.3 Å². The van der Waals surface area contributed by atoms with Crippen LogP contribution in [0.3, 0.4) is 0 Å². The highest BCUT2D eigenvalue weighted by Gasteiger charge is 2.23. The molecule has 1 aliphatic heterocycles. The zero-order chi connectivity index (χ0) is 24.4. The first-order valence-electron chi connectivity index (χ1n) is 11.6. The standard InChI is InChI=1S/C27H26FN5O2/c1-30(21-7-3-2-4-8-21)26-23-9-5-6-10-24(23)33(27(35)29-26)19-25(34)32-17-15-31(16-18-32)22-13-11-20(28)12-14-22/h2-14H,15-19H2,1H3. The maximum atomic E-state index is 13.2. The predicted molar refractivity (Wildman–Crippen MR) is 136 cm³/mol. The van der Waals surface area contributed by atoms with Crippen molar-refractivity contribution in [2.24, 2.45) is 0 Å². The highest BCUT2D eigenvalue weighted by molar-refractivity contribution is 5.92. The van der Waals surface area contributed by atoms with E-state index in [1.807, 2.05) is 66.5 Å². The molecule has 1 aromatic heterocycles. The van der Waals surface area contributed by atoms with Crippen molar-refractivity contribution in [3.8, 4) is 0 Å². The second-order valence-corrected chi connectivity index (χ2v) is 8.56. The van der Waals surface area contributed by atoms with Gasteiger partial charge in [0.15, 0.2) is 0 Å². The Morgan fingerprint density at radius 2 is 1.57 bits per heavy atom. The van der Waals surface area contributed by atoms with Gasteiger partial charge in [-0.25, -0.2) is 9.18 Å².